The third-order valence-electron chi connectivity index (χ3n) is 3.35. The minimum Gasteiger partial charge on any atom is -0.395 e. The van der Waals surface area contributed by atoms with E-state index in [9.17, 15) is 14.3 Å². The maximum absolute atomic E-state index is 13.9. The molecule has 0 bridgehead atoms. The van der Waals surface area contributed by atoms with Crippen LogP contribution in [0.1, 0.15) is 35.2 Å². The number of aliphatic hydroxyl groups excluding tert-OH is 2. The highest BCUT2D eigenvalue weighted by Crippen LogP contribution is 2.17. The van der Waals surface area contributed by atoms with Crippen molar-refractivity contribution in [2.45, 2.75) is 25.4 Å². The zero-order valence-corrected chi connectivity index (χ0v) is 11.7. The van der Waals surface area contributed by atoms with Gasteiger partial charge in [0.1, 0.15) is 5.82 Å². The summed E-state index contributed by atoms with van der Waals surface area (Å²) in [5.74, 6) is 4.51. The van der Waals surface area contributed by atoms with E-state index in [4.69, 9.17) is 5.11 Å². The van der Waals surface area contributed by atoms with Crippen LogP contribution < -0.4 is 0 Å². The minimum atomic E-state index is -0.590. The molecule has 1 aliphatic rings. The zero-order chi connectivity index (χ0) is 15.2. The molecule has 0 radical (unpaired) electrons. The fraction of sp³-hybridized carbons (Fsp3) is 0.438. The fourth-order valence-corrected chi connectivity index (χ4v) is 2.30. The van der Waals surface area contributed by atoms with Crippen LogP contribution in [0, 0.1) is 17.7 Å². The molecule has 1 aliphatic heterocycles. The average Bonchev–Trinajstić information content (AvgIpc) is 2.48. The summed E-state index contributed by atoms with van der Waals surface area (Å²) in [6, 6.07) is 4.14. The summed E-state index contributed by atoms with van der Waals surface area (Å²) in [6.07, 6.45) is 1.17. The van der Waals surface area contributed by atoms with Crippen molar-refractivity contribution in [2.75, 3.05) is 19.7 Å². The lowest BCUT2D eigenvalue weighted by Gasteiger charge is -2.30. The largest absolute Gasteiger partial charge is 0.395 e. The molecule has 5 heteroatoms. The number of β-amino-alcohol motifs (C(OH)–C–C–N with tert-alkyl or cyclic N) is 1. The first-order valence-electron chi connectivity index (χ1n) is 6.98. The fourth-order valence-electron chi connectivity index (χ4n) is 2.30. The molecule has 1 amide bonds. The van der Waals surface area contributed by atoms with Gasteiger partial charge in [-0.15, -0.1) is 0 Å². The average molecular weight is 291 g/mol. The summed E-state index contributed by atoms with van der Waals surface area (Å²) in [4.78, 5) is 13.8. The summed E-state index contributed by atoms with van der Waals surface area (Å²) < 4.78 is 13.9. The molecule has 1 aromatic carbocycles. The maximum atomic E-state index is 13.9. The van der Waals surface area contributed by atoms with Crippen LogP contribution >= 0.6 is 0 Å². The van der Waals surface area contributed by atoms with Crippen molar-refractivity contribution < 1.29 is 19.4 Å². The first kappa shape index (κ1) is 15.5. The Bertz CT molecular complexity index is 577. The van der Waals surface area contributed by atoms with Crippen LogP contribution in [0.5, 0.6) is 0 Å². The van der Waals surface area contributed by atoms with E-state index in [1.807, 2.05) is 0 Å². The molecular formula is C16H18FNO3. The first-order valence-corrected chi connectivity index (χ1v) is 6.98. The lowest BCUT2D eigenvalue weighted by Crippen LogP contribution is -2.42. The predicted molar refractivity (Wildman–Crippen MR) is 76.1 cm³/mol. The number of aliphatic hydroxyl groups is 2. The topological polar surface area (TPSA) is 60.8 Å². The Kier molecular flexibility index (Phi) is 5.32. The number of hydrogen-bond acceptors (Lipinski definition) is 3. The van der Waals surface area contributed by atoms with Crippen LogP contribution in [0.4, 0.5) is 4.39 Å². The number of amides is 1. The molecule has 1 aromatic rings. The highest BCUT2D eigenvalue weighted by Gasteiger charge is 2.25. The van der Waals surface area contributed by atoms with Gasteiger partial charge >= 0.3 is 0 Å². The predicted octanol–water partition coefficient (Wildman–Crippen LogP) is 1.16. The maximum Gasteiger partial charge on any atom is 0.256 e. The van der Waals surface area contributed by atoms with Crippen molar-refractivity contribution in [2.24, 2.45) is 0 Å². The van der Waals surface area contributed by atoms with Crippen LogP contribution in [0.3, 0.4) is 0 Å². The van der Waals surface area contributed by atoms with E-state index in [1.165, 1.54) is 23.1 Å². The minimum absolute atomic E-state index is 0.0279. The molecule has 0 aromatic heterocycles. The molecule has 2 N–H and O–H groups in total. The van der Waals surface area contributed by atoms with Crippen molar-refractivity contribution in [3.8, 4) is 11.8 Å². The number of hydrogen-bond donors (Lipinski definition) is 2. The highest BCUT2D eigenvalue weighted by molar-refractivity contribution is 5.95. The lowest BCUT2D eigenvalue weighted by atomic mass is 10.0. The van der Waals surface area contributed by atoms with E-state index >= 15 is 0 Å². The third kappa shape index (κ3) is 4.03. The number of halogens is 1. The Morgan fingerprint density at radius 2 is 2.29 bits per heavy atom. The van der Waals surface area contributed by atoms with Crippen molar-refractivity contribution in [3.63, 3.8) is 0 Å². The number of carbonyl (C=O) groups excluding carboxylic acids is 1. The Labute approximate surface area is 123 Å². The number of piperidine rings is 1. The summed E-state index contributed by atoms with van der Waals surface area (Å²) in [6.45, 7) is 0.722. The van der Waals surface area contributed by atoms with E-state index in [1.54, 1.807) is 0 Å². The van der Waals surface area contributed by atoms with Gasteiger partial charge in [0.05, 0.1) is 18.3 Å². The van der Waals surface area contributed by atoms with Gasteiger partial charge in [0, 0.05) is 25.1 Å². The Morgan fingerprint density at radius 1 is 1.48 bits per heavy atom. The molecule has 21 heavy (non-hydrogen) atoms. The van der Waals surface area contributed by atoms with Crippen LogP contribution in [-0.2, 0) is 0 Å². The van der Waals surface area contributed by atoms with Crippen LogP contribution in [0.15, 0.2) is 18.2 Å². The first-order chi connectivity index (χ1) is 10.1. The number of carbonyl (C=O) groups is 1. The van der Waals surface area contributed by atoms with Crippen LogP contribution in [0.2, 0.25) is 0 Å². The summed E-state index contributed by atoms with van der Waals surface area (Å²) in [5, 5.41) is 18.3. The number of likely N-dealkylation sites (tertiary alicyclic amines) is 1. The molecule has 1 fully saturated rings. The molecule has 1 heterocycles. The van der Waals surface area contributed by atoms with Gasteiger partial charge in [0.15, 0.2) is 0 Å². The van der Waals surface area contributed by atoms with Gasteiger partial charge in [-0.2, -0.15) is 0 Å². The Balaban J connectivity index is 2.20. The second-order valence-electron chi connectivity index (χ2n) is 5.02. The molecule has 1 atom stereocenters. The van der Waals surface area contributed by atoms with Crippen molar-refractivity contribution in [1.29, 1.82) is 0 Å². The molecule has 0 aliphatic carbocycles. The standard InChI is InChI=1S/C16H18FNO3/c17-15-7-6-12(4-1-2-9-19)10-14(15)16(21)18-8-3-5-13(20)11-18/h6-7,10,13,19-20H,2-3,5,8-9,11H2. The van der Waals surface area contributed by atoms with Crippen molar-refractivity contribution in [3.05, 3.63) is 35.1 Å². The molecule has 0 saturated carbocycles. The SMILES string of the molecule is O=C(c1cc(C#CCCO)ccc1F)N1CCCC(O)C1. The van der Waals surface area contributed by atoms with Gasteiger partial charge in [-0.05, 0) is 31.0 Å². The molecule has 112 valence electrons. The second kappa shape index (κ2) is 7.21. The van der Waals surface area contributed by atoms with E-state index in [0.717, 1.165) is 0 Å². The van der Waals surface area contributed by atoms with Gasteiger partial charge in [0.2, 0.25) is 0 Å². The third-order valence-corrected chi connectivity index (χ3v) is 3.35. The Hall–Kier alpha value is -1.90. The van der Waals surface area contributed by atoms with Gasteiger partial charge in [-0.1, -0.05) is 11.8 Å². The van der Waals surface area contributed by atoms with E-state index in [-0.39, 0.29) is 18.7 Å². The summed E-state index contributed by atoms with van der Waals surface area (Å²) in [5.41, 5.74) is 0.505. The number of rotatable bonds is 2. The van der Waals surface area contributed by atoms with E-state index < -0.39 is 17.8 Å². The smallest absolute Gasteiger partial charge is 0.256 e. The molecule has 0 spiro atoms. The van der Waals surface area contributed by atoms with Crippen LogP contribution in [0.25, 0.3) is 0 Å². The molecule has 1 saturated heterocycles. The number of benzene rings is 1. The quantitative estimate of drug-likeness (QED) is 0.804. The molecule has 2 rings (SSSR count). The normalized spacial score (nSPS) is 18.0. The highest BCUT2D eigenvalue weighted by atomic mass is 19.1. The monoisotopic (exact) mass is 291 g/mol. The molecular weight excluding hydrogens is 273 g/mol. The second-order valence-corrected chi connectivity index (χ2v) is 5.02. The van der Waals surface area contributed by atoms with Crippen LogP contribution in [-0.4, -0.2) is 46.8 Å². The molecule has 1 unspecified atom stereocenters. The zero-order valence-electron chi connectivity index (χ0n) is 11.7. The van der Waals surface area contributed by atoms with Crippen molar-refractivity contribution in [1.82, 2.24) is 4.90 Å². The van der Waals surface area contributed by atoms with E-state index in [0.29, 0.717) is 31.4 Å². The van der Waals surface area contributed by atoms with Gasteiger partial charge in [-0.25, -0.2) is 4.39 Å². The Morgan fingerprint density at radius 3 is 3.00 bits per heavy atom. The van der Waals surface area contributed by atoms with Gasteiger partial charge in [-0.3, -0.25) is 4.79 Å². The van der Waals surface area contributed by atoms with Crippen molar-refractivity contribution >= 4 is 5.91 Å². The lowest BCUT2D eigenvalue weighted by molar-refractivity contribution is 0.0470. The molecule has 4 nitrogen and oxygen atoms in total. The summed E-state index contributed by atoms with van der Waals surface area (Å²) >= 11 is 0. The van der Waals surface area contributed by atoms with E-state index in [2.05, 4.69) is 11.8 Å². The summed E-state index contributed by atoms with van der Waals surface area (Å²) in [7, 11) is 0. The van der Waals surface area contributed by atoms with Gasteiger partial charge in [0.25, 0.3) is 5.91 Å². The number of nitrogens with zero attached hydrogens (tertiary/aromatic N) is 1. The van der Waals surface area contributed by atoms with Gasteiger partial charge < -0.3 is 15.1 Å².